The number of anilines is 1. The van der Waals surface area contributed by atoms with Crippen molar-refractivity contribution >= 4 is 21.4 Å². The maximum atomic E-state index is 12.7. The van der Waals surface area contributed by atoms with E-state index >= 15 is 0 Å². The lowest BCUT2D eigenvalue weighted by molar-refractivity contribution is -0.137. The molecule has 0 radical (unpaired) electrons. The third kappa shape index (κ3) is 4.27. The third-order valence-corrected chi connectivity index (χ3v) is 6.40. The summed E-state index contributed by atoms with van der Waals surface area (Å²) in [5.74, 6) is -0.861. The number of carbonyl (C=O) groups excluding carboxylic acids is 1. The minimum Gasteiger partial charge on any atom is -0.380 e. The van der Waals surface area contributed by atoms with Crippen molar-refractivity contribution in [2.75, 3.05) is 18.5 Å². The molecule has 5 nitrogen and oxygen atoms in total. The third-order valence-electron chi connectivity index (χ3n) is 3.90. The highest BCUT2D eigenvalue weighted by Crippen LogP contribution is 2.30. The molecule has 0 aliphatic carbocycles. The summed E-state index contributed by atoms with van der Waals surface area (Å²) in [6.07, 6.45) is -3.55. The largest absolute Gasteiger partial charge is 0.416 e. The van der Waals surface area contributed by atoms with Crippen molar-refractivity contribution in [2.24, 2.45) is 0 Å². The number of sulfone groups is 1. The van der Waals surface area contributed by atoms with E-state index in [1.165, 1.54) is 13.0 Å². The molecule has 2 atom stereocenters. The highest BCUT2D eigenvalue weighted by molar-refractivity contribution is 7.93. The maximum absolute atomic E-state index is 12.7. The van der Waals surface area contributed by atoms with E-state index in [2.05, 4.69) is 5.32 Å². The molecule has 0 bridgehead atoms. The zero-order valence-corrected chi connectivity index (χ0v) is 13.8. The zero-order valence-electron chi connectivity index (χ0n) is 13.0. The molecule has 1 aromatic carbocycles. The highest BCUT2D eigenvalue weighted by atomic mass is 32.2. The van der Waals surface area contributed by atoms with Gasteiger partial charge in [-0.3, -0.25) is 4.79 Å². The van der Waals surface area contributed by atoms with Gasteiger partial charge in [0, 0.05) is 12.3 Å². The average molecular weight is 365 g/mol. The van der Waals surface area contributed by atoms with Crippen LogP contribution in [0.5, 0.6) is 0 Å². The van der Waals surface area contributed by atoms with Gasteiger partial charge in [0.1, 0.15) is 5.25 Å². The fourth-order valence-corrected chi connectivity index (χ4v) is 4.14. The van der Waals surface area contributed by atoms with Crippen LogP contribution in [0.4, 0.5) is 18.9 Å². The van der Waals surface area contributed by atoms with Crippen molar-refractivity contribution in [3.63, 3.8) is 0 Å². The van der Waals surface area contributed by atoms with Crippen LogP contribution in [0.2, 0.25) is 0 Å². The molecule has 1 aliphatic heterocycles. The van der Waals surface area contributed by atoms with Crippen LogP contribution in [-0.2, 0) is 25.5 Å². The molecule has 0 aromatic heterocycles. The maximum Gasteiger partial charge on any atom is 0.416 e. The Morgan fingerprint density at radius 3 is 2.67 bits per heavy atom. The number of carbonyl (C=O) groups is 1. The second-order valence-corrected chi connectivity index (χ2v) is 8.19. The lowest BCUT2D eigenvalue weighted by Crippen LogP contribution is -2.42. The van der Waals surface area contributed by atoms with E-state index < -0.39 is 38.0 Å². The van der Waals surface area contributed by atoms with Gasteiger partial charge in [0.15, 0.2) is 9.84 Å². The van der Waals surface area contributed by atoms with E-state index in [0.29, 0.717) is 19.4 Å². The average Bonchev–Trinajstić information content (AvgIpc) is 2.54. The summed E-state index contributed by atoms with van der Waals surface area (Å²) in [6, 6.07) is 4.05. The van der Waals surface area contributed by atoms with E-state index in [1.807, 2.05) is 0 Å². The second-order valence-electron chi connectivity index (χ2n) is 5.64. The van der Waals surface area contributed by atoms with E-state index in [0.717, 1.165) is 18.2 Å². The number of halogens is 3. The van der Waals surface area contributed by atoms with Gasteiger partial charge in [-0.15, -0.1) is 0 Å². The van der Waals surface area contributed by atoms with Crippen molar-refractivity contribution in [2.45, 2.75) is 36.4 Å². The Kier molecular flexibility index (Phi) is 5.54. The number of benzene rings is 1. The molecule has 1 aliphatic rings. The number of amides is 1. The first kappa shape index (κ1) is 18.7. The Morgan fingerprint density at radius 2 is 2.08 bits per heavy atom. The van der Waals surface area contributed by atoms with Crippen LogP contribution in [-0.4, -0.2) is 38.0 Å². The standard InChI is InChI=1S/C15H18F3NO4S/c1-10(24(21,22)13-6-3-7-23-9-13)14(20)19-12-5-2-4-11(8-12)15(16,17)18/h2,4-5,8,10,13H,3,6-7,9H2,1H3,(H,19,20). The van der Waals surface area contributed by atoms with Crippen LogP contribution in [0.1, 0.15) is 25.3 Å². The number of nitrogens with one attached hydrogen (secondary N) is 1. The SMILES string of the molecule is CC(C(=O)Nc1cccc(C(F)(F)F)c1)S(=O)(=O)C1CCCOC1. The smallest absolute Gasteiger partial charge is 0.380 e. The Balaban J connectivity index is 2.11. The van der Waals surface area contributed by atoms with Crippen LogP contribution in [0, 0.1) is 0 Å². The molecule has 1 fully saturated rings. The summed E-state index contributed by atoms with van der Waals surface area (Å²) in [4.78, 5) is 12.2. The summed E-state index contributed by atoms with van der Waals surface area (Å²) in [5, 5.41) is 0.0944. The molecule has 1 N–H and O–H groups in total. The zero-order chi connectivity index (χ0) is 18.0. The van der Waals surface area contributed by atoms with Crippen LogP contribution in [0.15, 0.2) is 24.3 Å². The molecule has 9 heteroatoms. The minimum absolute atomic E-state index is 0.0313. The van der Waals surface area contributed by atoms with Crippen LogP contribution in [0.25, 0.3) is 0 Å². The van der Waals surface area contributed by atoms with E-state index in [4.69, 9.17) is 4.74 Å². The fourth-order valence-electron chi connectivity index (χ4n) is 2.43. The normalized spacial score (nSPS) is 20.4. The monoisotopic (exact) mass is 365 g/mol. The molecule has 1 heterocycles. The van der Waals surface area contributed by atoms with E-state index in [1.54, 1.807) is 0 Å². The first-order valence-corrected chi connectivity index (χ1v) is 9.02. The lowest BCUT2D eigenvalue weighted by Gasteiger charge is -2.25. The van der Waals surface area contributed by atoms with Gasteiger partial charge in [0.05, 0.1) is 17.4 Å². The Morgan fingerprint density at radius 1 is 1.38 bits per heavy atom. The minimum atomic E-state index is -4.54. The summed E-state index contributed by atoms with van der Waals surface area (Å²) in [5.41, 5.74) is -1.02. The van der Waals surface area contributed by atoms with Gasteiger partial charge in [-0.05, 0) is 38.0 Å². The van der Waals surface area contributed by atoms with Crippen molar-refractivity contribution in [1.29, 1.82) is 0 Å². The molecule has 1 aromatic rings. The molecule has 0 spiro atoms. The first-order valence-electron chi connectivity index (χ1n) is 7.41. The molecular formula is C15H18F3NO4S. The quantitative estimate of drug-likeness (QED) is 0.890. The molecule has 1 amide bonds. The Hall–Kier alpha value is -1.61. The lowest BCUT2D eigenvalue weighted by atomic mass is 10.2. The van der Waals surface area contributed by atoms with Gasteiger partial charge in [0.2, 0.25) is 5.91 Å². The number of hydrogen-bond donors (Lipinski definition) is 1. The Labute approximate surface area is 138 Å². The van der Waals surface area contributed by atoms with Crippen molar-refractivity contribution in [1.82, 2.24) is 0 Å². The van der Waals surface area contributed by atoms with Crippen LogP contribution < -0.4 is 5.32 Å². The summed E-state index contributed by atoms with van der Waals surface area (Å²) in [7, 11) is -3.78. The summed E-state index contributed by atoms with van der Waals surface area (Å²) < 4.78 is 68.0. The first-order chi connectivity index (χ1) is 11.1. The topological polar surface area (TPSA) is 72.5 Å². The van der Waals surface area contributed by atoms with Crippen molar-refractivity contribution in [3.8, 4) is 0 Å². The molecule has 2 rings (SSSR count). The van der Waals surface area contributed by atoms with Gasteiger partial charge < -0.3 is 10.1 Å². The van der Waals surface area contributed by atoms with E-state index in [9.17, 15) is 26.4 Å². The predicted molar refractivity (Wildman–Crippen MR) is 82.3 cm³/mol. The second kappa shape index (κ2) is 7.10. The van der Waals surface area contributed by atoms with Gasteiger partial charge in [-0.2, -0.15) is 13.2 Å². The van der Waals surface area contributed by atoms with Crippen molar-refractivity contribution in [3.05, 3.63) is 29.8 Å². The summed E-state index contributed by atoms with van der Waals surface area (Å²) >= 11 is 0. The number of rotatable bonds is 4. The van der Waals surface area contributed by atoms with Crippen LogP contribution in [0.3, 0.4) is 0 Å². The van der Waals surface area contributed by atoms with Crippen LogP contribution >= 0.6 is 0 Å². The number of hydrogen-bond acceptors (Lipinski definition) is 4. The van der Waals surface area contributed by atoms with Gasteiger partial charge in [-0.1, -0.05) is 6.07 Å². The van der Waals surface area contributed by atoms with Gasteiger partial charge >= 0.3 is 6.18 Å². The molecule has 2 unspecified atom stereocenters. The highest BCUT2D eigenvalue weighted by Gasteiger charge is 2.37. The fraction of sp³-hybridized carbons (Fsp3) is 0.533. The predicted octanol–water partition coefficient (Wildman–Crippen LogP) is 2.63. The van der Waals surface area contributed by atoms with Crippen molar-refractivity contribution < 1.29 is 31.1 Å². The molecule has 134 valence electrons. The Bertz CT molecular complexity index is 697. The molecule has 0 saturated carbocycles. The van der Waals surface area contributed by atoms with Gasteiger partial charge in [0.25, 0.3) is 0 Å². The molecule has 24 heavy (non-hydrogen) atoms. The molecule has 1 saturated heterocycles. The summed E-state index contributed by atoms with van der Waals surface area (Å²) in [6.45, 7) is 1.74. The molecular weight excluding hydrogens is 347 g/mol. The van der Waals surface area contributed by atoms with Gasteiger partial charge in [-0.25, -0.2) is 8.42 Å². The number of alkyl halides is 3. The van der Waals surface area contributed by atoms with E-state index in [-0.39, 0.29) is 12.3 Å². The number of ether oxygens (including phenoxy) is 1.